The van der Waals surface area contributed by atoms with Crippen LogP contribution in [-0.2, 0) is 11.4 Å². The molecule has 1 aliphatic heterocycles. The number of aliphatic hydroxyl groups is 1. The van der Waals surface area contributed by atoms with E-state index in [4.69, 9.17) is 21.4 Å². The highest BCUT2D eigenvalue weighted by molar-refractivity contribution is 6.30. The third-order valence-electron chi connectivity index (χ3n) is 4.22. The van der Waals surface area contributed by atoms with Gasteiger partial charge in [0, 0.05) is 29.8 Å². The quantitative estimate of drug-likeness (QED) is 0.831. The molecule has 0 radical (unpaired) electrons. The number of hydrogen-bond donors (Lipinski definition) is 2. The molecule has 6 heteroatoms. The second kappa shape index (κ2) is 8.23. The number of hydrogen-bond acceptors (Lipinski definition) is 4. The lowest BCUT2D eigenvalue weighted by molar-refractivity contribution is -0.132. The smallest absolute Gasteiger partial charge is 0.260 e. The molecule has 132 valence electrons. The summed E-state index contributed by atoms with van der Waals surface area (Å²) >= 11 is 5.89. The van der Waals surface area contributed by atoms with Gasteiger partial charge in [0.25, 0.3) is 5.91 Å². The van der Waals surface area contributed by atoms with Gasteiger partial charge in [-0.1, -0.05) is 23.7 Å². The van der Waals surface area contributed by atoms with Crippen LogP contribution in [0, 0.1) is 0 Å². The molecule has 0 aromatic heterocycles. The minimum absolute atomic E-state index is 0.00496. The van der Waals surface area contributed by atoms with Gasteiger partial charge in [-0.3, -0.25) is 4.79 Å². The van der Waals surface area contributed by atoms with Gasteiger partial charge < -0.3 is 20.1 Å². The summed E-state index contributed by atoms with van der Waals surface area (Å²) in [4.78, 5) is 14.1. The fourth-order valence-electron chi connectivity index (χ4n) is 2.81. The molecule has 1 heterocycles. The van der Waals surface area contributed by atoms with Crippen LogP contribution in [-0.4, -0.2) is 41.7 Å². The summed E-state index contributed by atoms with van der Waals surface area (Å²) in [5.74, 6) is 0.604. The fourth-order valence-corrected chi connectivity index (χ4v) is 2.94. The number of nitrogens with zero attached hydrogens (tertiary/aromatic N) is 1. The van der Waals surface area contributed by atoms with Crippen molar-refractivity contribution in [1.29, 1.82) is 0 Å². The van der Waals surface area contributed by atoms with E-state index in [1.165, 1.54) is 0 Å². The number of nitrogens with one attached hydrogen (secondary N) is 1. The van der Waals surface area contributed by atoms with Gasteiger partial charge in [0.05, 0.1) is 6.61 Å². The average Bonchev–Trinajstić information content (AvgIpc) is 3.10. The minimum Gasteiger partial charge on any atom is -0.484 e. The summed E-state index contributed by atoms with van der Waals surface area (Å²) in [5.41, 5.74) is 1.82. The maximum Gasteiger partial charge on any atom is 0.260 e. The number of likely N-dealkylation sites (tertiary alicyclic amines) is 1. The number of halogens is 1. The number of ether oxygens (including phenoxy) is 1. The van der Waals surface area contributed by atoms with Crippen molar-refractivity contribution in [3.05, 3.63) is 59.1 Å². The van der Waals surface area contributed by atoms with E-state index in [2.05, 4.69) is 5.32 Å². The molecule has 2 aromatic rings. The van der Waals surface area contributed by atoms with Crippen LogP contribution in [0.2, 0.25) is 5.02 Å². The first-order valence-corrected chi connectivity index (χ1v) is 8.64. The number of carbonyl (C=O) groups is 1. The van der Waals surface area contributed by atoms with Gasteiger partial charge in [-0.25, -0.2) is 0 Å². The molecular formula is C19H21ClN2O3. The van der Waals surface area contributed by atoms with E-state index in [-0.39, 0.29) is 25.2 Å². The number of amides is 1. The molecule has 1 aliphatic rings. The molecule has 2 N–H and O–H groups in total. The first-order chi connectivity index (χ1) is 12.1. The number of rotatable bonds is 6. The maximum absolute atomic E-state index is 12.3. The van der Waals surface area contributed by atoms with Gasteiger partial charge in [-0.15, -0.1) is 0 Å². The van der Waals surface area contributed by atoms with E-state index in [9.17, 15) is 4.79 Å². The Morgan fingerprint density at radius 2 is 1.92 bits per heavy atom. The van der Waals surface area contributed by atoms with Gasteiger partial charge in [0.1, 0.15) is 5.75 Å². The predicted molar refractivity (Wildman–Crippen MR) is 97.9 cm³/mol. The van der Waals surface area contributed by atoms with Crippen molar-refractivity contribution in [3.63, 3.8) is 0 Å². The van der Waals surface area contributed by atoms with Gasteiger partial charge in [0.15, 0.2) is 6.61 Å². The van der Waals surface area contributed by atoms with E-state index in [1.54, 1.807) is 24.3 Å². The van der Waals surface area contributed by atoms with Crippen molar-refractivity contribution < 1.29 is 14.6 Å². The minimum atomic E-state index is -0.0216. The summed E-state index contributed by atoms with van der Waals surface area (Å²) in [6.45, 7) is 1.40. The van der Waals surface area contributed by atoms with Crippen molar-refractivity contribution in [2.24, 2.45) is 0 Å². The summed E-state index contributed by atoms with van der Waals surface area (Å²) in [6.07, 6.45) is 0.902. The van der Waals surface area contributed by atoms with E-state index in [0.29, 0.717) is 17.3 Å². The van der Waals surface area contributed by atoms with Gasteiger partial charge in [-0.2, -0.15) is 0 Å². The molecule has 0 bridgehead atoms. The van der Waals surface area contributed by atoms with Crippen molar-refractivity contribution in [1.82, 2.24) is 4.90 Å². The highest BCUT2D eigenvalue weighted by Gasteiger charge is 2.26. The van der Waals surface area contributed by atoms with Crippen LogP contribution in [0.15, 0.2) is 48.5 Å². The molecule has 2 aromatic carbocycles. The van der Waals surface area contributed by atoms with Gasteiger partial charge in [0.2, 0.25) is 0 Å². The van der Waals surface area contributed by atoms with Crippen LogP contribution in [0.5, 0.6) is 5.75 Å². The van der Waals surface area contributed by atoms with E-state index in [0.717, 1.165) is 24.2 Å². The molecule has 1 unspecified atom stereocenters. The predicted octanol–water partition coefficient (Wildman–Crippen LogP) is 2.92. The van der Waals surface area contributed by atoms with E-state index >= 15 is 0 Å². The number of benzene rings is 2. The summed E-state index contributed by atoms with van der Waals surface area (Å²) < 4.78 is 5.54. The lowest BCUT2D eigenvalue weighted by atomic mass is 10.2. The molecular weight excluding hydrogens is 340 g/mol. The standard InChI is InChI=1S/C19H21ClN2O3/c20-15-3-5-16(6-4-15)21-17-9-10-22(11-17)19(24)13-25-18-7-1-14(12-23)2-8-18/h1-8,17,21,23H,9-13H2. The van der Waals surface area contributed by atoms with Crippen LogP contribution in [0.3, 0.4) is 0 Å². The lowest BCUT2D eigenvalue weighted by Crippen LogP contribution is -2.34. The number of anilines is 1. The molecule has 1 fully saturated rings. The Labute approximate surface area is 152 Å². The zero-order valence-electron chi connectivity index (χ0n) is 13.8. The molecule has 3 rings (SSSR count). The Kier molecular flexibility index (Phi) is 5.79. The van der Waals surface area contributed by atoms with Gasteiger partial charge >= 0.3 is 0 Å². The molecule has 25 heavy (non-hydrogen) atoms. The molecule has 1 saturated heterocycles. The Hall–Kier alpha value is -2.24. The highest BCUT2D eigenvalue weighted by Crippen LogP contribution is 2.19. The molecule has 0 aliphatic carbocycles. The molecule has 0 spiro atoms. The Morgan fingerprint density at radius 3 is 2.60 bits per heavy atom. The zero-order valence-corrected chi connectivity index (χ0v) is 14.6. The zero-order chi connectivity index (χ0) is 17.6. The third-order valence-corrected chi connectivity index (χ3v) is 4.48. The van der Waals surface area contributed by atoms with Crippen molar-refractivity contribution in [2.45, 2.75) is 19.1 Å². The van der Waals surface area contributed by atoms with Crippen molar-refractivity contribution in [2.75, 3.05) is 25.0 Å². The van der Waals surface area contributed by atoms with Crippen molar-refractivity contribution >= 4 is 23.2 Å². The number of carbonyl (C=O) groups excluding carboxylic acids is 1. The molecule has 1 atom stereocenters. The Morgan fingerprint density at radius 1 is 1.20 bits per heavy atom. The fraction of sp³-hybridized carbons (Fsp3) is 0.316. The normalized spacial score (nSPS) is 16.7. The molecule has 1 amide bonds. The SMILES string of the molecule is O=C(COc1ccc(CO)cc1)N1CCC(Nc2ccc(Cl)cc2)C1. The maximum atomic E-state index is 12.3. The monoisotopic (exact) mass is 360 g/mol. The summed E-state index contributed by atoms with van der Waals surface area (Å²) in [7, 11) is 0. The molecule has 5 nitrogen and oxygen atoms in total. The second-order valence-electron chi connectivity index (χ2n) is 6.07. The van der Waals surface area contributed by atoms with Crippen LogP contribution in [0.4, 0.5) is 5.69 Å². The molecule has 0 saturated carbocycles. The summed E-state index contributed by atoms with van der Waals surface area (Å²) in [5, 5.41) is 13.1. The van der Waals surface area contributed by atoms with Crippen LogP contribution >= 0.6 is 11.6 Å². The average molecular weight is 361 g/mol. The largest absolute Gasteiger partial charge is 0.484 e. The van der Waals surface area contributed by atoms with E-state index < -0.39 is 0 Å². The van der Waals surface area contributed by atoms with E-state index in [1.807, 2.05) is 29.2 Å². The van der Waals surface area contributed by atoms with Crippen LogP contribution < -0.4 is 10.1 Å². The second-order valence-corrected chi connectivity index (χ2v) is 6.50. The lowest BCUT2D eigenvalue weighted by Gasteiger charge is -2.18. The van der Waals surface area contributed by atoms with Crippen LogP contribution in [0.1, 0.15) is 12.0 Å². The van der Waals surface area contributed by atoms with Gasteiger partial charge in [-0.05, 0) is 48.4 Å². The first-order valence-electron chi connectivity index (χ1n) is 8.26. The van der Waals surface area contributed by atoms with Crippen LogP contribution in [0.25, 0.3) is 0 Å². The third kappa shape index (κ3) is 4.87. The Balaban J connectivity index is 1.46. The van der Waals surface area contributed by atoms with Crippen molar-refractivity contribution in [3.8, 4) is 5.75 Å². The first kappa shape index (κ1) is 17.6. The Bertz CT molecular complexity index is 704. The summed E-state index contributed by atoms with van der Waals surface area (Å²) in [6, 6.07) is 14.9. The highest BCUT2D eigenvalue weighted by atomic mass is 35.5. The topological polar surface area (TPSA) is 61.8 Å². The number of aliphatic hydroxyl groups excluding tert-OH is 1.